The summed E-state index contributed by atoms with van der Waals surface area (Å²) >= 11 is 0. The number of halogens is 1. The van der Waals surface area contributed by atoms with Gasteiger partial charge in [0.15, 0.2) is 11.6 Å². The molecule has 25 heavy (non-hydrogen) atoms. The summed E-state index contributed by atoms with van der Waals surface area (Å²) in [5.41, 5.74) is 1.18. The molecule has 2 aromatic rings. The van der Waals surface area contributed by atoms with Gasteiger partial charge < -0.3 is 14.6 Å². The minimum Gasteiger partial charge on any atom is -0.497 e. The number of methoxy groups -OCH3 is 1. The summed E-state index contributed by atoms with van der Waals surface area (Å²) in [5, 5.41) is 10.3. The van der Waals surface area contributed by atoms with Crippen molar-refractivity contribution in [3.05, 3.63) is 59.9 Å². The Morgan fingerprint density at radius 1 is 1.16 bits per heavy atom. The van der Waals surface area contributed by atoms with Crippen LogP contribution in [-0.4, -0.2) is 42.4 Å². The number of hydrogen-bond donors (Lipinski definition) is 1. The fraction of sp³-hybridized carbons (Fsp3) is 0.400. The first kappa shape index (κ1) is 17.7. The van der Waals surface area contributed by atoms with Gasteiger partial charge in [-0.05, 0) is 42.7 Å². The van der Waals surface area contributed by atoms with E-state index in [1.807, 2.05) is 24.3 Å². The summed E-state index contributed by atoms with van der Waals surface area (Å²) in [4.78, 5) is 2.26. The molecule has 2 aromatic carbocycles. The van der Waals surface area contributed by atoms with Gasteiger partial charge >= 0.3 is 0 Å². The van der Waals surface area contributed by atoms with Gasteiger partial charge in [-0.25, -0.2) is 4.39 Å². The van der Waals surface area contributed by atoms with Gasteiger partial charge in [-0.3, -0.25) is 4.90 Å². The van der Waals surface area contributed by atoms with E-state index >= 15 is 0 Å². The van der Waals surface area contributed by atoms with Gasteiger partial charge in [0.2, 0.25) is 0 Å². The highest BCUT2D eigenvalue weighted by Crippen LogP contribution is 2.29. The van der Waals surface area contributed by atoms with Gasteiger partial charge in [0, 0.05) is 19.1 Å². The molecular formula is C20H24FNO3. The van der Waals surface area contributed by atoms with E-state index in [1.54, 1.807) is 25.3 Å². The average molecular weight is 345 g/mol. The molecule has 1 aliphatic rings. The Balaban J connectivity index is 1.53. The van der Waals surface area contributed by atoms with Gasteiger partial charge in [0.1, 0.15) is 18.5 Å². The molecule has 1 atom stereocenters. The minimum absolute atomic E-state index is 0.0762. The highest BCUT2D eigenvalue weighted by molar-refractivity contribution is 5.27. The fourth-order valence-corrected chi connectivity index (χ4v) is 2.82. The summed E-state index contributed by atoms with van der Waals surface area (Å²) < 4.78 is 24.2. The van der Waals surface area contributed by atoms with Gasteiger partial charge in [-0.15, -0.1) is 0 Å². The lowest BCUT2D eigenvalue weighted by Crippen LogP contribution is -2.36. The molecule has 1 unspecified atom stereocenters. The smallest absolute Gasteiger partial charge is 0.165 e. The molecule has 134 valence electrons. The zero-order valence-corrected chi connectivity index (χ0v) is 14.4. The van der Waals surface area contributed by atoms with Crippen molar-refractivity contribution in [2.75, 3.05) is 20.3 Å². The Morgan fingerprint density at radius 2 is 1.88 bits per heavy atom. The quantitative estimate of drug-likeness (QED) is 0.758. The van der Waals surface area contributed by atoms with Crippen LogP contribution in [0.4, 0.5) is 4.39 Å². The molecule has 1 fully saturated rings. The van der Waals surface area contributed by atoms with Crippen molar-refractivity contribution < 1.29 is 19.0 Å². The first-order valence-corrected chi connectivity index (χ1v) is 8.58. The molecule has 0 spiro atoms. The third-order valence-corrected chi connectivity index (χ3v) is 4.32. The molecule has 1 aliphatic carbocycles. The van der Waals surface area contributed by atoms with E-state index in [-0.39, 0.29) is 12.4 Å². The normalized spacial score (nSPS) is 15.2. The number of nitrogens with zero attached hydrogens (tertiary/aromatic N) is 1. The summed E-state index contributed by atoms with van der Waals surface area (Å²) in [6.07, 6.45) is 1.63. The minimum atomic E-state index is -0.668. The number of benzene rings is 2. The van der Waals surface area contributed by atoms with Crippen LogP contribution < -0.4 is 9.47 Å². The van der Waals surface area contributed by atoms with Crippen molar-refractivity contribution in [2.24, 2.45) is 0 Å². The van der Waals surface area contributed by atoms with Gasteiger partial charge in [-0.2, -0.15) is 0 Å². The van der Waals surface area contributed by atoms with E-state index in [9.17, 15) is 9.50 Å². The molecule has 0 amide bonds. The number of ether oxygens (including phenoxy) is 2. The van der Waals surface area contributed by atoms with Gasteiger partial charge in [-0.1, -0.05) is 24.3 Å². The van der Waals surface area contributed by atoms with Crippen molar-refractivity contribution in [1.82, 2.24) is 4.90 Å². The van der Waals surface area contributed by atoms with Crippen LogP contribution in [0.3, 0.4) is 0 Å². The second-order valence-corrected chi connectivity index (χ2v) is 6.40. The lowest BCUT2D eigenvalue weighted by atomic mass is 10.2. The SMILES string of the molecule is COc1ccc(CN(CC(O)COc2ccccc2F)C2CC2)cc1. The van der Waals surface area contributed by atoms with Crippen LogP contribution in [0.5, 0.6) is 11.5 Å². The van der Waals surface area contributed by atoms with Crippen molar-refractivity contribution in [3.63, 3.8) is 0 Å². The number of aliphatic hydroxyl groups is 1. The van der Waals surface area contributed by atoms with Crippen molar-refractivity contribution in [3.8, 4) is 11.5 Å². The number of hydrogen-bond acceptors (Lipinski definition) is 4. The number of para-hydroxylation sites is 1. The van der Waals surface area contributed by atoms with Crippen LogP contribution in [0.2, 0.25) is 0 Å². The first-order valence-electron chi connectivity index (χ1n) is 8.58. The summed E-state index contributed by atoms with van der Waals surface area (Å²) in [6.45, 7) is 1.35. The fourth-order valence-electron chi connectivity index (χ4n) is 2.82. The van der Waals surface area contributed by atoms with Crippen molar-refractivity contribution in [1.29, 1.82) is 0 Å². The maximum atomic E-state index is 13.6. The lowest BCUT2D eigenvalue weighted by molar-refractivity contribution is 0.0613. The predicted octanol–water partition coefficient (Wildman–Crippen LogP) is 3.24. The second-order valence-electron chi connectivity index (χ2n) is 6.40. The third kappa shape index (κ3) is 5.18. The molecule has 0 saturated heterocycles. The zero-order chi connectivity index (χ0) is 17.6. The molecule has 0 aliphatic heterocycles. The van der Waals surface area contributed by atoms with E-state index in [0.29, 0.717) is 12.6 Å². The second kappa shape index (κ2) is 8.32. The molecule has 3 rings (SSSR count). The molecule has 0 radical (unpaired) electrons. The van der Waals surface area contributed by atoms with Crippen LogP contribution in [0.1, 0.15) is 18.4 Å². The van der Waals surface area contributed by atoms with Crippen LogP contribution in [-0.2, 0) is 6.54 Å². The van der Waals surface area contributed by atoms with E-state index in [2.05, 4.69) is 4.90 Å². The van der Waals surface area contributed by atoms with Crippen molar-refractivity contribution >= 4 is 0 Å². The molecule has 1 N–H and O–H groups in total. The van der Waals surface area contributed by atoms with Gasteiger partial charge in [0.05, 0.1) is 7.11 Å². The van der Waals surface area contributed by atoms with Crippen LogP contribution in [0.25, 0.3) is 0 Å². The molecule has 0 heterocycles. The molecule has 0 aromatic heterocycles. The number of rotatable bonds is 9. The van der Waals surface area contributed by atoms with Crippen LogP contribution in [0.15, 0.2) is 48.5 Å². The van der Waals surface area contributed by atoms with Crippen molar-refractivity contribution in [2.45, 2.75) is 31.5 Å². The Kier molecular flexibility index (Phi) is 5.89. The van der Waals surface area contributed by atoms with Crippen LogP contribution in [0, 0.1) is 5.82 Å². The maximum Gasteiger partial charge on any atom is 0.165 e. The molecule has 0 bridgehead atoms. The summed E-state index contributed by atoms with van der Waals surface area (Å²) in [5.74, 6) is 0.599. The van der Waals surface area contributed by atoms with E-state index in [4.69, 9.17) is 9.47 Å². The topological polar surface area (TPSA) is 41.9 Å². The lowest BCUT2D eigenvalue weighted by Gasteiger charge is -2.25. The third-order valence-electron chi connectivity index (χ3n) is 4.32. The van der Waals surface area contributed by atoms with E-state index in [1.165, 1.54) is 11.6 Å². The zero-order valence-electron chi connectivity index (χ0n) is 14.4. The molecular weight excluding hydrogens is 321 g/mol. The van der Waals surface area contributed by atoms with Gasteiger partial charge in [0.25, 0.3) is 0 Å². The van der Waals surface area contributed by atoms with E-state index < -0.39 is 11.9 Å². The van der Waals surface area contributed by atoms with E-state index in [0.717, 1.165) is 25.1 Å². The molecule has 4 nitrogen and oxygen atoms in total. The average Bonchev–Trinajstić information content (AvgIpc) is 3.46. The Morgan fingerprint density at radius 3 is 2.52 bits per heavy atom. The molecule has 1 saturated carbocycles. The largest absolute Gasteiger partial charge is 0.497 e. The predicted molar refractivity (Wildman–Crippen MR) is 94.3 cm³/mol. The Bertz CT molecular complexity index is 673. The molecule has 5 heteroatoms. The summed E-state index contributed by atoms with van der Waals surface area (Å²) in [6, 6.07) is 14.7. The standard InChI is InChI=1S/C20H24FNO3/c1-24-18-10-6-15(7-11-18)12-22(16-8-9-16)13-17(23)14-25-20-5-3-2-4-19(20)21/h2-7,10-11,16-17,23H,8-9,12-14H2,1H3. The first-order chi connectivity index (χ1) is 12.2. The number of aliphatic hydroxyl groups excluding tert-OH is 1. The Hall–Kier alpha value is -2.11. The Labute approximate surface area is 147 Å². The maximum absolute atomic E-state index is 13.6. The van der Waals surface area contributed by atoms with Crippen LogP contribution >= 0.6 is 0 Å². The summed E-state index contributed by atoms with van der Waals surface area (Å²) in [7, 11) is 1.65. The highest BCUT2D eigenvalue weighted by Gasteiger charge is 2.30. The highest BCUT2D eigenvalue weighted by atomic mass is 19.1. The monoisotopic (exact) mass is 345 g/mol.